The Balaban J connectivity index is 2.15. The Bertz CT molecular complexity index is 522. The van der Waals surface area contributed by atoms with Gasteiger partial charge in [0.25, 0.3) is 0 Å². The van der Waals surface area contributed by atoms with Crippen molar-refractivity contribution in [2.45, 2.75) is 25.8 Å². The molecule has 3 nitrogen and oxygen atoms in total. The second kappa shape index (κ2) is 6.73. The van der Waals surface area contributed by atoms with Crippen molar-refractivity contribution in [3.8, 4) is 0 Å². The first-order valence-corrected chi connectivity index (χ1v) is 7.04. The maximum atomic E-state index is 6.08. The summed E-state index contributed by atoms with van der Waals surface area (Å²) in [5.74, 6) is 0. The van der Waals surface area contributed by atoms with E-state index >= 15 is 0 Å². The van der Waals surface area contributed by atoms with Crippen molar-refractivity contribution >= 4 is 11.6 Å². The zero-order valence-corrected chi connectivity index (χ0v) is 12.2. The van der Waals surface area contributed by atoms with E-state index in [9.17, 15) is 0 Å². The zero-order chi connectivity index (χ0) is 13.7. The molecule has 4 heteroatoms. The third-order valence-corrected chi connectivity index (χ3v) is 3.31. The van der Waals surface area contributed by atoms with Crippen LogP contribution >= 0.6 is 11.6 Å². The number of rotatable bonds is 6. The Morgan fingerprint density at radius 2 is 2.21 bits per heavy atom. The van der Waals surface area contributed by atoms with Crippen molar-refractivity contribution in [2.24, 2.45) is 7.05 Å². The normalized spacial score (nSPS) is 12.6. The molecule has 0 radical (unpaired) electrons. The summed E-state index contributed by atoms with van der Waals surface area (Å²) in [6, 6.07) is 10.4. The molecule has 1 atom stereocenters. The van der Waals surface area contributed by atoms with Gasteiger partial charge in [0.15, 0.2) is 0 Å². The van der Waals surface area contributed by atoms with Gasteiger partial charge in [-0.1, -0.05) is 30.7 Å². The predicted molar refractivity (Wildman–Crippen MR) is 79.4 cm³/mol. The Hall–Kier alpha value is -1.32. The number of aryl methyl sites for hydroxylation is 1. The lowest BCUT2D eigenvalue weighted by atomic mass is 10.0. The van der Waals surface area contributed by atoms with Gasteiger partial charge >= 0.3 is 0 Å². The van der Waals surface area contributed by atoms with Crippen LogP contribution in [0.2, 0.25) is 5.02 Å². The highest BCUT2D eigenvalue weighted by Gasteiger charge is 2.13. The molecular weight excluding hydrogens is 258 g/mol. The van der Waals surface area contributed by atoms with Crippen molar-refractivity contribution in [1.29, 1.82) is 0 Å². The summed E-state index contributed by atoms with van der Waals surface area (Å²) >= 11 is 6.08. The number of halogens is 1. The van der Waals surface area contributed by atoms with Gasteiger partial charge in [-0.3, -0.25) is 4.68 Å². The van der Waals surface area contributed by atoms with Crippen molar-refractivity contribution in [2.75, 3.05) is 6.54 Å². The maximum Gasteiger partial charge on any atom is 0.0643 e. The summed E-state index contributed by atoms with van der Waals surface area (Å²) in [4.78, 5) is 0. The van der Waals surface area contributed by atoms with Gasteiger partial charge in [0.1, 0.15) is 0 Å². The molecule has 1 aromatic heterocycles. The van der Waals surface area contributed by atoms with E-state index in [2.05, 4.69) is 29.5 Å². The van der Waals surface area contributed by atoms with E-state index in [1.165, 1.54) is 5.56 Å². The third-order valence-electron chi connectivity index (χ3n) is 3.07. The highest BCUT2D eigenvalue weighted by molar-refractivity contribution is 6.30. The molecule has 2 aromatic rings. The average Bonchev–Trinajstić information content (AvgIpc) is 2.80. The van der Waals surface area contributed by atoms with Crippen molar-refractivity contribution in [3.05, 3.63) is 52.8 Å². The second-order valence-electron chi connectivity index (χ2n) is 4.75. The molecule has 1 aromatic carbocycles. The van der Waals surface area contributed by atoms with Crippen LogP contribution in [0.15, 0.2) is 36.5 Å². The van der Waals surface area contributed by atoms with Gasteiger partial charge in [-0.15, -0.1) is 0 Å². The lowest BCUT2D eigenvalue weighted by Gasteiger charge is -2.18. The Labute approximate surface area is 119 Å². The van der Waals surface area contributed by atoms with Crippen molar-refractivity contribution in [3.63, 3.8) is 0 Å². The topological polar surface area (TPSA) is 29.9 Å². The zero-order valence-electron chi connectivity index (χ0n) is 11.4. The van der Waals surface area contributed by atoms with Gasteiger partial charge < -0.3 is 5.32 Å². The summed E-state index contributed by atoms with van der Waals surface area (Å²) in [7, 11) is 1.94. The first-order valence-electron chi connectivity index (χ1n) is 6.66. The third kappa shape index (κ3) is 4.08. The van der Waals surface area contributed by atoms with Crippen LogP contribution in [0.4, 0.5) is 0 Å². The van der Waals surface area contributed by atoms with E-state index in [1.807, 2.05) is 36.1 Å². The molecule has 102 valence electrons. The molecule has 19 heavy (non-hydrogen) atoms. The van der Waals surface area contributed by atoms with Crippen LogP contribution in [0.25, 0.3) is 0 Å². The minimum absolute atomic E-state index is 0.258. The molecule has 0 saturated heterocycles. The number of benzene rings is 1. The van der Waals surface area contributed by atoms with Gasteiger partial charge in [-0.25, -0.2) is 0 Å². The van der Waals surface area contributed by atoms with Crippen LogP contribution < -0.4 is 5.32 Å². The SMILES string of the molecule is CCCNC(Cc1ccn(C)n1)c1cccc(Cl)c1. The van der Waals surface area contributed by atoms with Crippen LogP contribution in [0, 0.1) is 0 Å². The van der Waals surface area contributed by atoms with Crippen LogP contribution in [0.5, 0.6) is 0 Å². The standard InChI is InChI=1S/C15H20ClN3/c1-3-8-17-15(11-14-7-9-19(2)18-14)12-5-4-6-13(16)10-12/h4-7,9-10,15,17H,3,8,11H2,1-2H3. The fourth-order valence-corrected chi connectivity index (χ4v) is 2.33. The predicted octanol–water partition coefficient (Wildman–Crippen LogP) is 3.36. The Morgan fingerprint density at radius 1 is 1.37 bits per heavy atom. The van der Waals surface area contributed by atoms with E-state index in [0.717, 1.165) is 30.1 Å². The van der Waals surface area contributed by atoms with Gasteiger partial charge in [0.05, 0.1) is 5.69 Å². The molecule has 1 unspecified atom stereocenters. The fourth-order valence-electron chi connectivity index (χ4n) is 2.13. The van der Waals surface area contributed by atoms with E-state index < -0.39 is 0 Å². The molecule has 0 saturated carbocycles. The molecule has 0 aliphatic rings. The average molecular weight is 278 g/mol. The van der Waals surface area contributed by atoms with Crippen LogP contribution in [-0.2, 0) is 13.5 Å². The van der Waals surface area contributed by atoms with Gasteiger partial charge in [-0.05, 0) is 36.7 Å². The Morgan fingerprint density at radius 3 is 2.84 bits per heavy atom. The van der Waals surface area contributed by atoms with Crippen molar-refractivity contribution in [1.82, 2.24) is 15.1 Å². The van der Waals surface area contributed by atoms with Crippen molar-refractivity contribution < 1.29 is 0 Å². The van der Waals surface area contributed by atoms with Gasteiger partial charge in [0, 0.05) is 30.7 Å². The van der Waals surface area contributed by atoms with E-state index in [0.29, 0.717) is 0 Å². The van der Waals surface area contributed by atoms with Crippen LogP contribution in [0.3, 0.4) is 0 Å². The minimum atomic E-state index is 0.258. The fraction of sp³-hybridized carbons (Fsp3) is 0.400. The largest absolute Gasteiger partial charge is 0.310 e. The second-order valence-corrected chi connectivity index (χ2v) is 5.18. The monoisotopic (exact) mass is 277 g/mol. The molecule has 0 spiro atoms. The molecule has 0 amide bonds. The summed E-state index contributed by atoms with van der Waals surface area (Å²) in [5, 5.41) is 8.79. The molecule has 2 rings (SSSR count). The smallest absolute Gasteiger partial charge is 0.0643 e. The quantitative estimate of drug-likeness (QED) is 0.877. The lowest BCUT2D eigenvalue weighted by Crippen LogP contribution is -2.24. The maximum absolute atomic E-state index is 6.08. The molecule has 1 heterocycles. The van der Waals surface area contributed by atoms with Gasteiger partial charge in [0.2, 0.25) is 0 Å². The number of nitrogens with zero attached hydrogens (tertiary/aromatic N) is 2. The van der Waals surface area contributed by atoms with E-state index in [1.54, 1.807) is 0 Å². The number of hydrogen-bond donors (Lipinski definition) is 1. The highest BCUT2D eigenvalue weighted by Crippen LogP contribution is 2.21. The molecule has 0 fully saturated rings. The molecular formula is C15H20ClN3. The summed E-state index contributed by atoms with van der Waals surface area (Å²) < 4.78 is 1.84. The van der Waals surface area contributed by atoms with Gasteiger partial charge in [-0.2, -0.15) is 5.10 Å². The molecule has 0 aliphatic heterocycles. The number of hydrogen-bond acceptors (Lipinski definition) is 2. The highest BCUT2D eigenvalue weighted by atomic mass is 35.5. The minimum Gasteiger partial charge on any atom is -0.310 e. The Kier molecular flexibility index (Phi) is 5.00. The summed E-state index contributed by atoms with van der Waals surface area (Å²) in [5.41, 5.74) is 2.31. The lowest BCUT2D eigenvalue weighted by molar-refractivity contribution is 0.521. The number of aromatic nitrogens is 2. The number of nitrogens with one attached hydrogen (secondary N) is 1. The van der Waals surface area contributed by atoms with E-state index in [-0.39, 0.29) is 6.04 Å². The molecule has 0 bridgehead atoms. The van der Waals surface area contributed by atoms with E-state index in [4.69, 9.17) is 11.6 Å². The first kappa shape index (κ1) is 14.1. The van der Waals surface area contributed by atoms with Crippen LogP contribution in [-0.4, -0.2) is 16.3 Å². The summed E-state index contributed by atoms with van der Waals surface area (Å²) in [6.07, 6.45) is 3.96. The van der Waals surface area contributed by atoms with Crippen LogP contribution in [0.1, 0.15) is 30.6 Å². The first-order chi connectivity index (χ1) is 9.19. The molecule has 1 N–H and O–H groups in total. The molecule has 0 aliphatic carbocycles. The summed E-state index contributed by atoms with van der Waals surface area (Å²) in [6.45, 7) is 3.16.